The molecular formula is C15H28N2O. The number of hydrogen-bond donors (Lipinski definition) is 1. The zero-order chi connectivity index (χ0) is 13.0. The van der Waals surface area contributed by atoms with Crippen LogP contribution in [0.1, 0.15) is 52.4 Å². The van der Waals surface area contributed by atoms with Crippen molar-refractivity contribution in [3.05, 3.63) is 0 Å². The summed E-state index contributed by atoms with van der Waals surface area (Å²) < 4.78 is 0. The van der Waals surface area contributed by atoms with Gasteiger partial charge in [0, 0.05) is 19.1 Å². The first-order valence-electron chi connectivity index (χ1n) is 7.68. The van der Waals surface area contributed by atoms with E-state index >= 15 is 0 Å². The van der Waals surface area contributed by atoms with E-state index in [4.69, 9.17) is 0 Å². The lowest BCUT2D eigenvalue weighted by Crippen LogP contribution is -2.42. The molecular weight excluding hydrogens is 224 g/mol. The van der Waals surface area contributed by atoms with E-state index in [0.29, 0.717) is 18.5 Å². The molecule has 2 aliphatic rings. The molecule has 0 spiro atoms. The third-order valence-corrected chi connectivity index (χ3v) is 4.66. The highest BCUT2D eigenvalue weighted by atomic mass is 16.2. The van der Waals surface area contributed by atoms with E-state index in [9.17, 15) is 4.79 Å². The first kappa shape index (κ1) is 13.9. The first-order valence-corrected chi connectivity index (χ1v) is 7.68. The predicted octanol–water partition coefficient (Wildman–Crippen LogP) is 2.41. The average Bonchev–Trinajstić information content (AvgIpc) is 2.90. The third-order valence-electron chi connectivity index (χ3n) is 4.66. The summed E-state index contributed by atoms with van der Waals surface area (Å²) in [7, 11) is 0. The second-order valence-corrected chi connectivity index (χ2v) is 6.34. The van der Waals surface area contributed by atoms with Crippen molar-refractivity contribution in [1.82, 2.24) is 10.2 Å². The molecule has 3 nitrogen and oxygen atoms in total. The molecule has 2 rings (SSSR count). The fraction of sp³-hybridized carbons (Fsp3) is 0.933. The standard InChI is InChI=1S/C15H28N2O/c1-12(2)13-6-5-7-14(10-13)16-11-15(18)17-8-3-4-9-17/h12-14,16H,3-11H2,1-2H3. The van der Waals surface area contributed by atoms with Gasteiger partial charge in [-0.1, -0.05) is 26.7 Å². The Morgan fingerprint density at radius 3 is 2.61 bits per heavy atom. The van der Waals surface area contributed by atoms with Crippen LogP contribution in [0.4, 0.5) is 0 Å². The van der Waals surface area contributed by atoms with Crippen molar-refractivity contribution in [1.29, 1.82) is 0 Å². The summed E-state index contributed by atoms with van der Waals surface area (Å²) in [6.07, 6.45) is 7.56. The number of hydrogen-bond acceptors (Lipinski definition) is 2. The van der Waals surface area contributed by atoms with E-state index in [-0.39, 0.29) is 0 Å². The summed E-state index contributed by atoms with van der Waals surface area (Å²) in [6, 6.07) is 0.567. The third kappa shape index (κ3) is 3.71. The second kappa shape index (κ2) is 6.55. The molecule has 1 aliphatic heterocycles. The summed E-state index contributed by atoms with van der Waals surface area (Å²) in [5.41, 5.74) is 0. The number of likely N-dealkylation sites (tertiary alicyclic amines) is 1. The van der Waals surface area contributed by atoms with Crippen molar-refractivity contribution in [2.24, 2.45) is 11.8 Å². The van der Waals surface area contributed by atoms with Gasteiger partial charge in [-0.05, 0) is 37.5 Å². The Kier molecular flexibility index (Phi) is 5.04. The molecule has 104 valence electrons. The van der Waals surface area contributed by atoms with Crippen LogP contribution >= 0.6 is 0 Å². The van der Waals surface area contributed by atoms with Gasteiger partial charge in [0.15, 0.2) is 0 Å². The van der Waals surface area contributed by atoms with E-state index in [2.05, 4.69) is 19.2 Å². The van der Waals surface area contributed by atoms with Gasteiger partial charge in [-0.25, -0.2) is 0 Å². The molecule has 1 N–H and O–H groups in total. The first-order chi connectivity index (χ1) is 8.66. The lowest BCUT2D eigenvalue weighted by Gasteiger charge is -2.32. The van der Waals surface area contributed by atoms with E-state index in [1.165, 1.54) is 38.5 Å². The lowest BCUT2D eigenvalue weighted by atomic mass is 9.79. The van der Waals surface area contributed by atoms with Crippen LogP contribution in [-0.4, -0.2) is 36.5 Å². The Morgan fingerprint density at radius 1 is 1.22 bits per heavy atom. The van der Waals surface area contributed by atoms with E-state index in [0.717, 1.165) is 24.9 Å². The Bertz CT molecular complexity index is 272. The summed E-state index contributed by atoms with van der Waals surface area (Å²) >= 11 is 0. The van der Waals surface area contributed by atoms with Crippen molar-refractivity contribution in [2.75, 3.05) is 19.6 Å². The molecule has 2 unspecified atom stereocenters. The molecule has 1 heterocycles. The minimum Gasteiger partial charge on any atom is -0.342 e. The van der Waals surface area contributed by atoms with Crippen molar-refractivity contribution in [3.63, 3.8) is 0 Å². The topological polar surface area (TPSA) is 32.3 Å². The normalized spacial score (nSPS) is 28.9. The minimum absolute atomic E-state index is 0.305. The highest BCUT2D eigenvalue weighted by molar-refractivity contribution is 5.78. The number of carbonyl (C=O) groups excluding carboxylic acids is 1. The maximum Gasteiger partial charge on any atom is 0.236 e. The van der Waals surface area contributed by atoms with Gasteiger partial charge in [-0.15, -0.1) is 0 Å². The molecule has 2 fully saturated rings. The Hall–Kier alpha value is -0.570. The van der Waals surface area contributed by atoms with Crippen LogP contribution in [0.5, 0.6) is 0 Å². The largest absolute Gasteiger partial charge is 0.342 e. The molecule has 0 aromatic carbocycles. The average molecular weight is 252 g/mol. The van der Waals surface area contributed by atoms with Crippen LogP contribution in [0.15, 0.2) is 0 Å². The van der Waals surface area contributed by atoms with Gasteiger partial charge < -0.3 is 10.2 Å². The van der Waals surface area contributed by atoms with Crippen molar-refractivity contribution >= 4 is 5.91 Å². The number of amides is 1. The van der Waals surface area contributed by atoms with Crippen LogP contribution in [0.25, 0.3) is 0 Å². The Morgan fingerprint density at radius 2 is 1.94 bits per heavy atom. The van der Waals surface area contributed by atoms with Crippen LogP contribution in [0.3, 0.4) is 0 Å². The zero-order valence-corrected chi connectivity index (χ0v) is 12.0. The van der Waals surface area contributed by atoms with Gasteiger partial charge in [-0.3, -0.25) is 4.79 Å². The summed E-state index contributed by atoms with van der Waals surface area (Å²) in [4.78, 5) is 14.0. The number of carbonyl (C=O) groups is 1. The highest BCUT2D eigenvalue weighted by Gasteiger charge is 2.25. The van der Waals surface area contributed by atoms with Crippen molar-refractivity contribution < 1.29 is 4.79 Å². The van der Waals surface area contributed by atoms with E-state index < -0.39 is 0 Å². The molecule has 0 aromatic rings. The quantitative estimate of drug-likeness (QED) is 0.833. The molecule has 0 aromatic heterocycles. The predicted molar refractivity (Wildman–Crippen MR) is 74.4 cm³/mol. The Labute approximate surface area is 111 Å². The fourth-order valence-corrected chi connectivity index (χ4v) is 3.33. The summed E-state index contributed by atoms with van der Waals surface area (Å²) in [6.45, 7) is 7.14. The van der Waals surface area contributed by atoms with E-state index in [1.54, 1.807) is 0 Å². The molecule has 3 heteroatoms. The molecule has 1 saturated heterocycles. The smallest absolute Gasteiger partial charge is 0.236 e. The summed E-state index contributed by atoms with van der Waals surface area (Å²) in [5.74, 6) is 1.93. The lowest BCUT2D eigenvalue weighted by molar-refractivity contribution is -0.129. The minimum atomic E-state index is 0.305. The molecule has 0 bridgehead atoms. The van der Waals surface area contributed by atoms with Gasteiger partial charge in [-0.2, -0.15) is 0 Å². The van der Waals surface area contributed by atoms with Crippen molar-refractivity contribution in [3.8, 4) is 0 Å². The second-order valence-electron chi connectivity index (χ2n) is 6.34. The number of rotatable bonds is 4. The van der Waals surface area contributed by atoms with Crippen molar-refractivity contribution in [2.45, 2.75) is 58.4 Å². The highest BCUT2D eigenvalue weighted by Crippen LogP contribution is 2.29. The zero-order valence-electron chi connectivity index (χ0n) is 12.0. The fourth-order valence-electron chi connectivity index (χ4n) is 3.33. The molecule has 18 heavy (non-hydrogen) atoms. The number of nitrogens with zero attached hydrogens (tertiary/aromatic N) is 1. The van der Waals surface area contributed by atoms with Crippen LogP contribution in [0, 0.1) is 11.8 Å². The van der Waals surface area contributed by atoms with Gasteiger partial charge in [0.05, 0.1) is 6.54 Å². The molecule has 1 amide bonds. The van der Waals surface area contributed by atoms with Gasteiger partial charge in [0.2, 0.25) is 5.91 Å². The Balaban J connectivity index is 1.70. The molecule has 1 saturated carbocycles. The van der Waals surface area contributed by atoms with Gasteiger partial charge in [0.1, 0.15) is 0 Å². The maximum atomic E-state index is 12.0. The van der Waals surface area contributed by atoms with E-state index in [1.807, 2.05) is 4.90 Å². The van der Waals surface area contributed by atoms with Crippen LogP contribution in [0.2, 0.25) is 0 Å². The SMILES string of the molecule is CC(C)C1CCCC(NCC(=O)N2CCCC2)C1. The van der Waals surface area contributed by atoms with Crippen LogP contribution < -0.4 is 5.32 Å². The molecule has 0 radical (unpaired) electrons. The monoisotopic (exact) mass is 252 g/mol. The number of nitrogens with one attached hydrogen (secondary N) is 1. The van der Waals surface area contributed by atoms with Gasteiger partial charge >= 0.3 is 0 Å². The molecule has 1 aliphatic carbocycles. The maximum absolute atomic E-state index is 12.0. The van der Waals surface area contributed by atoms with Gasteiger partial charge in [0.25, 0.3) is 0 Å². The van der Waals surface area contributed by atoms with Crippen LogP contribution in [-0.2, 0) is 4.79 Å². The molecule has 2 atom stereocenters. The summed E-state index contributed by atoms with van der Waals surface area (Å²) in [5, 5.41) is 3.49.